The van der Waals surface area contributed by atoms with E-state index < -0.39 is 5.82 Å². The first-order chi connectivity index (χ1) is 8.16. The highest BCUT2D eigenvalue weighted by Gasteiger charge is 2.10. The third-order valence-corrected chi connectivity index (χ3v) is 2.17. The van der Waals surface area contributed by atoms with Gasteiger partial charge in [-0.1, -0.05) is 31.1 Å². The summed E-state index contributed by atoms with van der Waals surface area (Å²) in [6.45, 7) is 4.00. The zero-order chi connectivity index (χ0) is 12.3. The maximum atomic E-state index is 13.2. The standard InChI is InChI=1S/C12H13FN2O2/c1-8(2)12-14-11(15-17-12)7-16-10-6-4-3-5-9(10)13/h3-6,8H,7H2,1-2H3. The number of aromatic nitrogens is 2. The van der Waals surface area contributed by atoms with Crippen LogP contribution in [0, 0.1) is 5.82 Å². The molecule has 0 aliphatic heterocycles. The molecule has 0 atom stereocenters. The summed E-state index contributed by atoms with van der Waals surface area (Å²) < 4.78 is 23.5. The first kappa shape index (κ1) is 11.6. The van der Waals surface area contributed by atoms with Gasteiger partial charge in [-0.05, 0) is 12.1 Å². The fourth-order valence-corrected chi connectivity index (χ4v) is 1.26. The van der Waals surface area contributed by atoms with Crippen molar-refractivity contribution in [2.24, 2.45) is 0 Å². The van der Waals surface area contributed by atoms with Crippen molar-refractivity contribution < 1.29 is 13.7 Å². The molecule has 0 spiro atoms. The summed E-state index contributed by atoms with van der Waals surface area (Å²) in [4.78, 5) is 4.13. The number of hydrogen-bond donors (Lipinski definition) is 0. The molecular weight excluding hydrogens is 223 g/mol. The van der Waals surface area contributed by atoms with Gasteiger partial charge in [0.15, 0.2) is 18.2 Å². The lowest BCUT2D eigenvalue weighted by molar-refractivity contribution is 0.272. The van der Waals surface area contributed by atoms with Crippen molar-refractivity contribution in [1.82, 2.24) is 10.1 Å². The Bertz CT molecular complexity index is 497. The summed E-state index contributed by atoms with van der Waals surface area (Å²) >= 11 is 0. The average Bonchev–Trinajstić information content (AvgIpc) is 2.77. The molecule has 0 fully saturated rings. The van der Waals surface area contributed by atoms with Gasteiger partial charge < -0.3 is 9.26 Å². The lowest BCUT2D eigenvalue weighted by Crippen LogP contribution is -1.99. The number of ether oxygens (including phenoxy) is 1. The molecule has 1 aromatic carbocycles. The Balaban J connectivity index is 2.00. The van der Waals surface area contributed by atoms with Crippen LogP contribution in [-0.4, -0.2) is 10.1 Å². The van der Waals surface area contributed by atoms with Crippen LogP contribution in [0.25, 0.3) is 0 Å². The largest absolute Gasteiger partial charge is 0.482 e. The highest BCUT2D eigenvalue weighted by Crippen LogP contribution is 2.17. The molecule has 0 aliphatic rings. The third kappa shape index (κ3) is 2.81. The Morgan fingerprint density at radius 1 is 1.35 bits per heavy atom. The molecule has 0 saturated heterocycles. The molecule has 1 aromatic heterocycles. The number of rotatable bonds is 4. The molecule has 2 rings (SSSR count). The van der Waals surface area contributed by atoms with E-state index >= 15 is 0 Å². The van der Waals surface area contributed by atoms with Crippen LogP contribution in [0.15, 0.2) is 28.8 Å². The van der Waals surface area contributed by atoms with Crippen LogP contribution >= 0.6 is 0 Å². The number of nitrogens with zero attached hydrogens (tertiary/aromatic N) is 2. The first-order valence-electron chi connectivity index (χ1n) is 5.36. The Morgan fingerprint density at radius 3 is 2.76 bits per heavy atom. The summed E-state index contributed by atoms with van der Waals surface area (Å²) in [5.41, 5.74) is 0. The van der Waals surface area contributed by atoms with Crippen molar-refractivity contribution in [1.29, 1.82) is 0 Å². The Labute approximate surface area is 98.4 Å². The Morgan fingerprint density at radius 2 is 2.12 bits per heavy atom. The lowest BCUT2D eigenvalue weighted by atomic mass is 10.2. The molecule has 2 aromatic rings. The second kappa shape index (κ2) is 4.95. The molecule has 90 valence electrons. The first-order valence-corrected chi connectivity index (χ1v) is 5.36. The maximum absolute atomic E-state index is 13.2. The molecule has 1 heterocycles. The highest BCUT2D eigenvalue weighted by molar-refractivity contribution is 5.23. The smallest absolute Gasteiger partial charge is 0.229 e. The molecule has 17 heavy (non-hydrogen) atoms. The minimum atomic E-state index is -0.403. The molecule has 0 saturated carbocycles. The van der Waals surface area contributed by atoms with Crippen molar-refractivity contribution >= 4 is 0 Å². The number of hydrogen-bond acceptors (Lipinski definition) is 4. The zero-order valence-electron chi connectivity index (χ0n) is 9.68. The van der Waals surface area contributed by atoms with E-state index in [2.05, 4.69) is 10.1 Å². The normalized spacial score (nSPS) is 10.8. The molecule has 4 nitrogen and oxygen atoms in total. The lowest BCUT2D eigenvalue weighted by Gasteiger charge is -2.03. The van der Waals surface area contributed by atoms with Crippen LogP contribution in [-0.2, 0) is 6.61 Å². The summed E-state index contributed by atoms with van der Waals surface area (Å²) in [6, 6.07) is 6.20. The van der Waals surface area contributed by atoms with E-state index in [0.717, 1.165) is 0 Å². The van der Waals surface area contributed by atoms with Crippen LogP contribution in [0.2, 0.25) is 0 Å². The van der Waals surface area contributed by atoms with E-state index in [-0.39, 0.29) is 18.3 Å². The molecule has 0 unspecified atom stereocenters. The van der Waals surface area contributed by atoms with Gasteiger partial charge in [-0.3, -0.25) is 0 Å². The second-order valence-electron chi connectivity index (χ2n) is 3.92. The van der Waals surface area contributed by atoms with E-state index in [1.54, 1.807) is 18.2 Å². The van der Waals surface area contributed by atoms with Crippen LogP contribution in [0.4, 0.5) is 4.39 Å². The van der Waals surface area contributed by atoms with E-state index in [1.165, 1.54) is 6.07 Å². The average molecular weight is 236 g/mol. The minimum Gasteiger partial charge on any atom is -0.482 e. The van der Waals surface area contributed by atoms with Gasteiger partial charge in [-0.15, -0.1) is 0 Å². The molecule has 0 radical (unpaired) electrons. The van der Waals surface area contributed by atoms with Crippen molar-refractivity contribution in [2.75, 3.05) is 0 Å². The van der Waals surface area contributed by atoms with Gasteiger partial charge in [-0.25, -0.2) is 4.39 Å². The van der Waals surface area contributed by atoms with Crippen molar-refractivity contribution in [3.05, 3.63) is 41.8 Å². The molecule has 0 amide bonds. The van der Waals surface area contributed by atoms with E-state index in [4.69, 9.17) is 9.26 Å². The van der Waals surface area contributed by atoms with Crippen LogP contribution in [0.1, 0.15) is 31.5 Å². The van der Waals surface area contributed by atoms with Crippen LogP contribution in [0.3, 0.4) is 0 Å². The number of benzene rings is 1. The van der Waals surface area contributed by atoms with Gasteiger partial charge in [0.1, 0.15) is 0 Å². The number of para-hydroxylation sites is 1. The fourth-order valence-electron chi connectivity index (χ4n) is 1.26. The predicted molar refractivity (Wildman–Crippen MR) is 59.1 cm³/mol. The Kier molecular flexibility index (Phi) is 3.37. The molecular formula is C12H13FN2O2. The molecule has 5 heteroatoms. The van der Waals surface area contributed by atoms with Crippen molar-refractivity contribution in [2.45, 2.75) is 26.4 Å². The summed E-state index contributed by atoms with van der Waals surface area (Å²) in [6.07, 6.45) is 0. The highest BCUT2D eigenvalue weighted by atomic mass is 19.1. The monoisotopic (exact) mass is 236 g/mol. The van der Waals surface area contributed by atoms with Crippen LogP contribution < -0.4 is 4.74 Å². The SMILES string of the molecule is CC(C)c1nc(COc2ccccc2F)no1. The molecule has 0 N–H and O–H groups in total. The topological polar surface area (TPSA) is 48.2 Å². The van der Waals surface area contributed by atoms with Gasteiger partial charge in [0.25, 0.3) is 0 Å². The quantitative estimate of drug-likeness (QED) is 0.818. The molecule has 0 bridgehead atoms. The van der Waals surface area contributed by atoms with E-state index in [1.807, 2.05) is 13.8 Å². The predicted octanol–water partition coefficient (Wildman–Crippen LogP) is 2.91. The van der Waals surface area contributed by atoms with Gasteiger partial charge in [0.05, 0.1) is 0 Å². The Hall–Kier alpha value is -1.91. The van der Waals surface area contributed by atoms with Gasteiger partial charge >= 0.3 is 0 Å². The van der Waals surface area contributed by atoms with Crippen molar-refractivity contribution in [3.8, 4) is 5.75 Å². The van der Waals surface area contributed by atoms with Gasteiger partial charge in [0.2, 0.25) is 11.7 Å². The van der Waals surface area contributed by atoms with Crippen molar-refractivity contribution in [3.63, 3.8) is 0 Å². The van der Waals surface area contributed by atoms with Crippen LogP contribution in [0.5, 0.6) is 5.75 Å². The van der Waals surface area contributed by atoms with E-state index in [0.29, 0.717) is 11.7 Å². The minimum absolute atomic E-state index is 0.0944. The summed E-state index contributed by atoms with van der Waals surface area (Å²) in [5, 5.41) is 3.75. The fraction of sp³-hybridized carbons (Fsp3) is 0.333. The molecule has 0 aliphatic carbocycles. The van der Waals surface area contributed by atoms with Gasteiger partial charge in [0, 0.05) is 5.92 Å². The van der Waals surface area contributed by atoms with Gasteiger partial charge in [-0.2, -0.15) is 4.98 Å². The summed E-state index contributed by atoms with van der Waals surface area (Å²) in [5.74, 6) is 0.919. The number of halogens is 1. The second-order valence-corrected chi connectivity index (χ2v) is 3.92. The van der Waals surface area contributed by atoms with E-state index in [9.17, 15) is 4.39 Å². The maximum Gasteiger partial charge on any atom is 0.229 e. The zero-order valence-corrected chi connectivity index (χ0v) is 9.68. The third-order valence-electron chi connectivity index (χ3n) is 2.17. The summed E-state index contributed by atoms with van der Waals surface area (Å²) in [7, 11) is 0.